The average Bonchev–Trinajstić information content (AvgIpc) is 3.98. The van der Waals surface area contributed by atoms with Crippen molar-refractivity contribution in [1.82, 2.24) is 24.9 Å². The van der Waals surface area contributed by atoms with Gasteiger partial charge in [-0.25, -0.2) is 24.9 Å². The second kappa shape index (κ2) is 12.9. The second-order valence-corrected chi connectivity index (χ2v) is 16.5. The molecule has 4 aromatic heterocycles. The predicted octanol–water partition coefficient (Wildman–Crippen LogP) is 12.8. The second-order valence-electron chi connectivity index (χ2n) is 14.3. The molecule has 2 aliphatic rings. The zero-order chi connectivity index (χ0) is 37.5. The lowest BCUT2D eigenvalue weighted by Gasteiger charge is -2.24. The number of thiophene rings is 1. The summed E-state index contributed by atoms with van der Waals surface area (Å²) in [7, 11) is 0. The molecule has 10 aromatic rings. The highest BCUT2D eigenvalue weighted by atomic mass is 32.2. The molecule has 6 aromatic carbocycles. The van der Waals surface area contributed by atoms with Crippen molar-refractivity contribution in [2.45, 2.75) is 16.1 Å². The number of allylic oxidation sites excluding steroid dienone is 3. The molecule has 0 fully saturated rings. The van der Waals surface area contributed by atoms with Gasteiger partial charge in [0.2, 0.25) is 0 Å². The van der Waals surface area contributed by atoms with E-state index >= 15 is 0 Å². The molecule has 2 atom stereocenters. The number of furan rings is 1. The lowest BCUT2D eigenvalue weighted by Crippen LogP contribution is -2.16. The summed E-state index contributed by atoms with van der Waals surface area (Å²) in [5, 5.41) is 3.31. The Morgan fingerprint density at radius 1 is 0.526 bits per heavy atom. The van der Waals surface area contributed by atoms with Crippen LogP contribution in [0.1, 0.15) is 17.3 Å². The Kier molecular flexibility index (Phi) is 7.36. The number of para-hydroxylation sites is 1. The van der Waals surface area contributed by atoms with E-state index in [1.54, 1.807) is 11.3 Å². The van der Waals surface area contributed by atoms with Gasteiger partial charge in [0, 0.05) is 64.7 Å². The van der Waals surface area contributed by atoms with Crippen LogP contribution in [0, 0.1) is 0 Å². The molecule has 0 saturated heterocycles. The average molecular weight is 768 g/mol. The van der Waals surface area contributed by atoms with Crippen molar-refractivity contribution in [1.29, 1.82) is 0 Å². The number of fused-ring (bicyclic) bond motifs is 9. The van der Waals surface area contributed by atoms with E-state index in [1.807, 2.05) is 66.4 Å². The lowest BCUT2D eigenvalue weighted by atomic mass is 9.82. The molecule has 0 amide bonds. The molecular weight excluding hydrogens is 739 g/mol. The number of benzene rings is 6. The van der Waals surface area contributed by atoms with Crippen LogP contribution >= 0.6 is 23.1 Å². The van der Waals surface area contributed by atoms with Crippen molar-refractivity contribution in [2.24, 2.45) is 0 Å². The Morgan fingerprint density at radius 2 is 1.21 bits per heavy atom. The fourth-order valence-electron chi connectivity index (χ4n) is 8.42. The van der Waals surface area contributed by atoms with Crippen molar-refractivity contribution in [3.63, 3.8) is 0 Å². The molecule has 1 aliphatic heterocycles. The minimum atomic E-state index is -0.0469. The van der Waals surface area contributed by atoms with Crippen LogP contribution in [0.25, 0.3) is 93.2 Å². The molecule has 8 heteroatoms. The maximum atomic E-state index is 6.30. The molecule has 0 N–H and O–H groups in total. The fourth-order valence-corrected chi connectivity index (χ4v) is 11.0. The monoisotopic (exact) mass is 767 g/mol. The first-order valence-corrected chi connectivity index (χ1v) is 20.6. The van der Waals surface area contributed by atoms with Crippen LogP contribution in [0.5, 0.6) is 0 Å². The zero-order valence-corrected chi connectivity index (χ0v) is 31.8. The molecule has 0 spiro atoms. The predicted molar refractivity (Wildman–Crippen MR) is 233 cm³/mol. The zero-order valence-electron chi connectivity index (χ0n) is 30.2. The van der Waals surface area contributed by atoms with Gasteiger partial charge in [0.05, 0.1) is 15.9 Å². The van der Waals surface area contributed by atoms with Gasteiger partial charge in [-0.15, -0.1) is 23.1 Å². The first-order chi connectivity index (χ1) is 28.2. The van der Waals surface area contributed by atoms with Gasteiger partial charge in [0.1, 0.15) is 11.2 Å². The highest BCUT2D eigenvalue weighted by Crippen LogP contribution is 2.56. The van der Waals surface area contributed by atoms with Crippen LogP contribution in [-0.4, -0.2) is 30.2 Å². The van der Waals surface area contributed by atoms with Gasteiger partial charge in [0.25, 0.3) is 0 Å². The molecule has 2 unspecified atom stereocenters. The minimum absolute atomic E-state index is 0.0469. The van der Waals surface area contributed by atoms with E-state index in [9.17, 15) is 0 Å². The number of hydrogen-bond acceptors (Lipinski definition) is 8. The van der Waals surface area contributed by atoms with Crippen molar-refractivity contribution in [2.75, 3.05) is 0 Å². The van der Waals surface area contributed by atoms with Crippen LogP contribution in [0.3, 0.4) is 0 Å². The third-order valence-corrected chi connectivity index (χ3v) is 13.4. The maximum absolute atomic E-state index is 6.30. The van der Waals surface area contributed by atoms with Crippen molar-refractivity contribution >= 4 is 70.9 Å². The van der Waals surface area contributed by atoms with E-state index in [0.29, 0.717) is 17.5 Å². The van der Waals surface area contributed by atoms with E-state index in [2.05, 4.69) is 109 Å². The summed E-state index contributed by atoms with van der Waals surface area (Å²) in [6.07, 6.45) is 6.63. The van der Waals surface area contributed by atoms with E-state index in [1.165, 1.54) is 15.2 Å². The smallest absolute Gasteiger partial charge is 0.164 e. The summed E-state index contributed by atoms with van der Waals surface area (Å²) in [6, 6.07) is 50.0. The van der Waals surface area contributed by atoms with Gasteiger partial charge in [-0.1, -0.05) is 140 Å². The van der Waals surface area contributed by atoms with Gasteiger partial charge in [-0.2, -0.15) is 0 Å². The topological polar surface area (TPSA) is 77.6 Å². The number of hydrogen-bond donors (Lipinski definition) is 0. The quantitative estimate of drug-likeness (QED) is 0.173. The van der Waals surface area contributed by atoms with E-state index in [4.69, 9.17) is 29.3 Å². The Hall–Kier alpha value is -6.74. The van der Waals surface area contributed by atoms with E-state index < -0.39 is 0 Å². The van der Waals surface area contributed by atoms with Crippen molar-refractivity contribution < 1.29 is 4.42 Å². The Balaban J connectivity index is 1.07. The SMILES string of the molecule is C1=CC2Sc3cccc(-c4nc(-c5ccccc5)c5sc6ccccc6c5n4)c3C2C(c2nc(-c3ccccc3)nc(-c3cccc4oc5ccccc5c34)n2)=C1. The third-order valence-electron chi connectivity index (χ3n) is 11.0. The van der Waals surface area contributed by atoms with Crippen LogP contribution < -0.4 is 0 Å². The number of thioether (sulfide) groups is 1. The molecule has 57 heavy (non-hydrogen) atoms. The summed E-state index contributed by atoms with van der Waals surface area (Å²) >= 11 is 3.63. The third kappa shape index (κ3) is 5.21. The first kappa shape index (κ1) is 32.5. The van der Waals surface area contributed by atoms with Crippen molar-refractivity contribution in [3.05, 3.63) is 175 Å². The highest BCUT2D eigenvalue weighted by molar-refractivity contribution is 8.00. The molecule has 268 valence electrons. The Labute approximate surface area is 335 Å². The number of rotatable bonds is 5. The lowest BCUT2D eigenvalue weighted by molar-refractivity contribution is 0.669. The van der Waals surface area contributed by atoms with Crippen LogP contribution in [0.15, 0.2) is 173 Å². The van der Waals surface area contributed by atoms with Gasteiger partial charge < -0.3 is 4.42 Å². The normalized spacial score (nSPS) is 16.0. The van der Waals surface area contributed by atoms with Crippen molar-refractivity contribution in [3.8, 4) is 45.4 Å². The summed E-state index contributed by atoms with van der Waals surface area (Å²) in [5.74, 6) is 2.55. The standard InChI is InChI=1S/C49H29N5OS2/c1-3-14-28(15-4-1)43-45-44(31-19-8-10-25-37(31)57-45)51-47(50-43)33-21-12-26-38-41(33)42-34(22-13-27-39(42)56-38)49-53-46(29-16-5-2-6-17-29)52-48(54-49)32-20-11-24-36-40(32)30-18-7-9-23-35(30)55-36/h1-27,39,42H. The Morgan fingerprint density at radius 3 is 2.09 bits per heavy atom. The molecule has 6 nitrogen and oxygen atoms in total. The van der Waals surface area contributed by atoms with Gasteiger partial charge in [-0.05, 0) is 29.8 Å². The van der Waals surface area contributed by atoms with Gasteiger partial charge >= 0.3 is 0 Å². The summed E-state index contributed by atoms with van der Waals surface area (Å²) in [6.45, 7) is 0. The van der Waals surface area contributed by atoms with Gasteiger partial charge in [-0.3, -0.25) is 0 Å². The highest BCUT2D eigenvalue weighted by Gasteiger charge is 2.40. The first-order valence-electron chi connectivity index (χ1n) is 18.9. The van der Waals surface area contributed by atoms with Crippen LogP contribution in [0.2, 0.25) is 0 Å². The minimum Gasteiger partial charge on any atom is -0.456 e. The van der Waals surface area contributed by atoms with Crippen LogP contribution in [-0.2, 0) is 0 Å². The summed E-state index contributed by atoms with van der Waals surface area (Å²) in [5.41, 5.74) is 9.73. The largest absolute Gasteiger partial charge is 0.456 e. The Bertz CT molecular complexity index is 3300. The fraction of sp³-hybridized carbons (Fsp3) is 0.0408. The van der Waals surface area contributed by atoms with E-state index in [0.717, 1.165) is 76.9 Å². The molecule has 5 heterocycles. The molecule has 12 rings (SSSR count). The molecule has 0 saturated carbocycles. The summed E-state index contributed by atoms with van der Waals surface area (Å²) < 4.78 is 8.60. The maximum Gasteiger partial charge on any atom is 0.164 e. The van der Waals surface area contributed by atoms with Gasteiger partial charge in [0.15, 0.2) is 23.3 Å². The van der Waals surface area contributed by atoms with Crippen LogP contribution in [0.4, 0.5) is 0 Å². The molecule has 1 aliphatic carbocycles. The van der Waals surface area contributed by atoms with E-state index in [-0.39, 0.29) is 11.2 Å². The molecular formula is C49H29N5OS2. The summed E-state index contributed by atoms with van der Waals surface area (Å²) in [4.78, 5) is 27.8. The molecule has 0 radical (unpaired) electrons. The number of aromatic nitrogens is 5. The number of nitrogens with zero attached hydrogens (tertiary/aromatic N) is 5. The molecule has 0 bridgehead atoms.